The molecule has 3 nitrogen and oxygen atoms in total. The maximum atomic E-state index is 5.42. The fourth-order valence-electron chi connectivity index (χ4n) is 2.94. The first-order valence-corrected chi connectivity index (χ1v) is 8.20. The van der Waals surface area contributed by atoms with E-state index in [0.717, 1.165) is 37.6 Å². The SMILES string of the molecule is COc1cc2c(cc1OC)CN(Cc1ccccc1Br)CC2. The molecule has 0 saturated heterocycles. The number of benzene rings is 2. The van der Waals surface area contributed by atoms with Gasteiger partial charge in [0.15, 0.2) is 11.5 Å². The fraction of sp³-hybridized carbons (Fsp3) is 0.333. The van der Waals surface area contributed by atoms with Gasteiger partial charge in [-0.25, -0.2) is 0 Å². The molecule has 1 heterocycles. The van der Waals surface area contributed by atoms with Gasteiger partial charge in [-0.3, -0.25) is 4.90 Å². The minimum absolute atomic E-state index is 0.809. The van der Waals surface area contributed by atoms with E-state index in [1.807, 2.05) is 0 Å². The lowest BCUT2D eigenvalue weighted by Gasteiger charge is -2.29. The van der Waals surface area contributed by atoms with Gasteiger partial charge in [0.05, 0.1) is 14.2 Å². The van der Waals surface area contributed by atoms with Crippen LogP contribution in [0.4, 0.5) is 0 Å². The van der Waals surface area contributed by atoms with E-state index in [1.54, 1.807) is 14.2 Å². The molecule has 0 spiro atoms. The molecule has 0 fully saturated rings. The summed E-state index contributed by atoms with van der Waals surface area (Å²) in [4.78, 5) is 2.47. The number of nitrogens with zero attached hydrogens (tertiary/aromatic N) is 1. The zero-order valence-electron chi connectivity index (χ0n) is 12.9. The number of halogens is 1. The van der Waals surface area contributed by atoms with Crippen LogP contribution in [0.25, 0.3) is 0 Å². The van der Waals surface area contributed by atoms with Gasteiger partial charge in [-0.05, 0) is 41.3 Å². The van der Waals surface area contributed by atoms with Crippen LogP contribution in [0.15, 0.2) is 40.9 Å². The van der Waals surface area contributed by atoms with E-state index >= 15 is 0 Å². The normalized spacial score (nSPS) is 14.5. The molecule has 0 unspecified atom stereocenters. The summed E-state index contributed by atoms with van der Waals surface area (Å²) in [5, 5.41) is 0. The van der Waals surface area contributed by atoms with Crippen molar-refractivity contribution in [3.05, 3.63) is 57.6 Å². The smallest absolute Gasteiger partial charge is 0.161 e. The Kier molecular flexibility index (Phi) is 4.69. The van der Waals surface area contributed by atoms with Crippen molar-refractivity contribution in [3.8, 4) is 11.5 Å². The van der Waals surface area contributed by atoms with Crippen LogP contribution in [0.1, 0.15) is 16.7 Å². The highest BCUT2D eigenvalue weighted by Gasteiger charge is 2.19. The van der Waals surface area contributed by atoms with Crippen LogP contribution in [0, 0.1) is 0 Å². The van der Waals surface area contributed by atoms with Crippen LogP contribution in [0.5, 0.6) is 11.5 Å². The highest BCUT2D eigenvalue weighted by atomic mass is 79.9. The van der Waals surface area contributed by atoms with Crippen LogP contribution in [0.3, 0.4) is 0 Å². The average molecular weight is 362 g/mol. The van der Waals surface area contributed by atoms with Gasteiger partial charge in [-0.15, -0.1) is 0 Å². The second kappa shape index (κ2) is 6.71. The molecule has 116 valence electrons. The van der Waals surface area contributed by atoms with Gasteiger partial charge in [-0.2, -0.15) is 0 Å². The maximum absolute atomic E-state index is 5.42. The molecule has 2 aromatic carbocycles. The third kappa shape index (κ3) is 3.13. The zero-order valence-corrected chi connectivity index (χ0v) is 14.5. The average Bonchev–Trinajstić information content (AvgIpc) is 2.55. The lowest BCUT2D eigenvalue weighted by Crippen LogP contribution is -2.30. The summed E-state index contributed by atoms with van der Waals surface area (Å²) in [5.74, 6) is 1.63. The Morgan fingerprint density at radius 3 is 2.41 bits per heavy atom. The molecule has 3 rings (SSSR count). The number of ether oxygens (including phenoxy) is 2. The van der Waals surface area contributed by atoms with E-state index in [0.29, 0.717) is 0 Å². The Morgan fingerprint density at radius 2 is 1.73 bits per heavy atom. The lowest BCUT2D eigenvalue weighted by molar-refractivity contribution is 0.243. The Hall–Kier alpha value is -1.52. The summed E-state index contributed by atoms with van der Waals surface area (Å²) in [6.45, 7) is 2.95. The summed E-state index contributed by atoms with van der Waals surface area (Å²) < 4.78 is 12.0. The van der Waals surface area contributed by atoms with Gasteiger partial charge < -0.3 is 9.47 Å². The minimum atomic E-state index is 0.809. The van der Waals surface area contributed by atoms with Crippen LogP contribution in [-0.4, -0.2) is 25.7 Å². The van der Waals surface area contributed by atoms with Crippen molar-refractivity contribution in [1.82, 2.24) is 4.90 Å². The van der Waals surface area contributed by atoms with Gasteiger partial charge in [0, 0.05) is 24.1 Å². The number of fused-ring (bicyclic) bond motifs is 1. The Labute approximate surface area is 140 Å². The quantitative estimate of drug-likeness (QED) is 0.820. The summed E-state index contributed by atoms with van der Waals surface area (Å²) in [6.07, 6.45) is 1.04. The molecule has 0 N–H and O–H groups in total. The standard InChI is InChI=1S/C18H20BrNO2/c1-21-17-9-13-7-8-20(12-15(13)10-18(17)22-2)11-14-5-3-4-6-16(14)19/h3-6,9-10H,7-8,11-12H2,1-2H3. The largest absolute Gasteiger partial charge is 0.493 e. The molecule has 1 aliphatic rings. The van der Waals surface area contributed by atoms with E-state index < -0.39 is 0 Å². The van der Waals surface area contributed by atoms with Crippen LogP contribution in [0.2, 0.25) is 0 Å². The Morgan fingerprint density at radius 1 is 1.05 bits per heavy atom. The van der Waals surface area contributed by atoms with Crippen LogP contribution in [-0.2, 0) is 19.5 Å². The first-order valence-electron chi connectivity index (χ1n) is 7.41. The number of hydrogen-bond donors (Lipinski definition) is 0. The van der Waals surface area contributed by atoms with Crippen molar-refractivity contribution in [1.29, 1.82) is 0 Å². The highest BCUT2D eigenvalue weighted by molar-refractivity contribution is 9.10. The van der Waals surface area contributed by atoms with Gasteiger partial charge in [0.1, 0.15) is 0 Å². The van der Waals surface area contributed by atoms with Crippen molar-refractivity contribution in [2.24, 2.45) is 0 Å². The summed E-state index contributed by atoms with van der Waals surface area (Å²) in [5.41, 5.74) is 4.02. The second-order valence-corrected chi connectivity index (χ2v) is 6.38. The molecule has 0 amide bonds. The van der Waals surface area contributed by atoms with E-state index in [4.69, 9.17) is 9.47 Å². The molecule has 0 saturated carbocycles. The molecular formula is C18H20BrNO2. The molecule has 0 aliphatic carbocycles. The third-order valence-corrected chi connectivity index (χ3v) is 4.92. The zero-order chi connectivity index (χ0) is 15.5. The summed E-state index contributed by atoms with van der Waals surface area (Å²) >= 11 is 3.63. The maximum Gasteiger partial charge on any atom is 0.161 e. The fourth-order valence-corrected chi connectivity index (χ4v) is 3.35. The van der Waals surface area contributed by atoms with Crippen molar-refractivity contribution in [2.75, 3.05) is 20.8 Å². The van der Waals surface area contributed by atoms with Gasteiger partial charge in [0.25, 0.3) is 0 Å². The molecule has 0 atom stereocenters. The topological polar surface area (TPSA) is 21.7 Å². The van der Waals surface area contributed by atoms with Crippen molar-refractivity contribution in [3.63, 3.8) is 0 Å². The van der Waals surface area contributed by atoms with Crippen molar-refractivity contribution in [2.45, 2.75) is 19.5 Å². The van der Waals surface area contributed by atoms with E-state index in [-0.39, 0.29) is 0 Å². The summed E-state index contributed by atoms with van der Waals surface area (Å²) in [7, 11) is 3.37. The van der Waals surface area contributed by atoms with Gasteiger partial charge in [0.2, 0.25) is 0 Å². The Bertz CT molecular complexity index is 672. The predicted molar refractivity (Wildman–Crippen MR) is 91.5 cm³/mol. The monoisotopic (exact) mass is 361 g/mol. The first kappa shape index (κ1) is 15.4. The van der Waals surface area contributed by atoms with Gasteiger partial charge >= 0.3 is 0 Å². The van der Waals surface area contributed by atoms with Crippen LogP contribution >= 0.6 is 15.9 Å². The van der Waals surface area contributed by atoms with Crippen molar-refractivity contribution >= 4 is 15.9 Å². The van der Waals surface area contributed by atoms with E-state index in [1.165, 1.54) is 21.2 Å². The van der Waals surface area contributed by atoms with E-state index in [2.05, 4.69) is 57.2 Å². The summed E-state index contributed by atoms with van der Waals surface area (Å²) in [6, 6.07) is 12.6. The predicted octanol–water partition coefficient (Wildman–Crippen LogP) is 4.02. The molecule has 4 heteroatoms. The van der Waals surface area contributed by atoms with Crippen LogP contribution < -0.4 is 9.47 Å². The molecule has 1 aliphatic heterocycles. The number of methoxy groups -OCH3 is 2. The molecule has 22 heavy (non-hydrogen) atoms. The lowest BCUT2D eigenvalue weighted by atomic mass is 9.98. The van der Waals surface area contributed by atoms with E-state index in [9.17, 15) is 0 Å². The highest BCUT2D eigenvalue weighted by Crippen LogP contribution is 2.33. The number of rotatable bonds is 4. The Balaban J connectivity index is 1.80. The minimum Gasteiger partial charge on any atom is -0.493 e. The third-order valence-electron chi connectivity index (χ3n) is 4.15. The number of hydrogen-bond acceptors (Lipinski definition) is 3. The second-order valence-electron chi connectivity index (χ2n) is 5.53. The molecule has 0 bridgehead atoms. The first-order chi connectivity index (χ1) is 10.7. The van der Waals surface area contributed by atoms with Crippen molar-refractivity contribution < 1.29 is 9.47 Å². The molecule has 0 radical (unpaired) electrons. The molecule has 0 aromatic heterocycles. The molecular weight excluding hydrogens is 342 g/mol. The molecule has 2 aromatic rings. The van der Waals surface area contributed by atoms with Gasteiger partial charge in [-0.1, -0.05) is 34.1 Å².